The summed E-state index contributed by atoms with van der Waals surface area (Å²) in [4.78, 5) is 24.3. The zero-order valence-corrected chi connectivity index (χ0v) is 16.5. The Morgan fingerprint density at radius 2 is 1.90 bits per heavy atom. The fourth-order valence-electron chi connectivity index (χ4n) is 3.55. The van der Waals surface area contributed by atoms with Crippen LogP contribution in [0.2, 0.25) is 0 Å². The predicted octanol–water partition coefficient (Wildman–Crippen LogP) is 2.55. The quantitative estimate of drug-likeness (QED) is 0.509. The van der Waals surface area contributed by atoms with Gasteiger partial charge in [0.1, 0.15) is 12.2 Å². The van der Waals surface area contributed by atoms with Crippen molar-refractivity contribution in [3.8, 4) is 0 Å². The molecule has 1 aliphatic carbocycles. The lowest BCUT2D eigenvalue weighted by Gasteiger charge is -2.10. The maximum Gasteiger partial charge on any atom is 0.338 e. The minimum Gasteiger partial charge on any atom is -0.457 e. The summed E-state index contributed by atoms with van der Waals surface area (Å²) < 4.78 is 36.7. The highest BCUT2D eigenvalue weighted by Gasteiger charge is 2.18. The molecule has 0 radical (unpaired) electrons. The standard InChI is InChI=1S/C21H19NO6S/c1-22-29(25,26)17-7-3-6-15(8-17)21(24)27-12-16-11-20(23)28-19-10-14-5-2-4-13(14)9-18(16)19/h3,6-11,22H,2,4-5,12H2,1H3. The first-order valence-corrected chi connectivity index (χ1v) is 10.6. The van der Waals surface area contributed by atoms with Gasteiger partial charge < -0.3 is 9.15 Å². The van der Waals surface area contributed by atoms with Crippen LogP contribution < -0.4 is 10.3 Å². The lowest BCUT2D eigenvalue weighted by molar-refractivity contribution is 0.0473. The van der Waals surface area contributed by atoms with E-state index in [2.05, 4.69) is 4.72 Å². The van der Waals surface area contributed by atoms with Gasteiger partial charge in [0.05, 0.1) is 10.5 Å². The molecule has 1 heterocycles. The number of sulfonamides is 1. The predicted molar refractivity (Wildman–Crippen MR) is 106 cm³/mol. The van der Waals surface area contributed by atoms with E-state index in [0.717, 1.165) is 24.6 Å². The molecular formula is C21H19NO6S. The van der Waals surface area contributed by atoms with Crippen molar-refractivity contribution in [3.63, 3.8) is 0 Å². The van der Waals surface area contributed by atoms with Gasteiger partial charge in [0.15, 0.2) is 0 Å². The summed E-state index contributed by atoms with van der Waals surface area (Å²) in [6, 6.07) is 10.8. The molecule has 0 saturated carbocycles. The van der Waals surface area contributed by atoms with Crippen LogP contribution in [0.25, 0.3) is 11.0 Å². The van der Waals surface area contributed by atoms with Crippen molar-refractivity contribution in [2.24, 2.45) is 0 Å². The van der Waals surface area contributed by atoms with E-state index in [0.29, 0.717) is 11.1 Å². The van der Waals surface area contributed by atoms with Crippen LogP contribution in [0.5, 0.6) is 0 Å². The van der Waals surface area contributed by atoms with Crippen LogP contribution in [-0.2, 0) is 34.2 Å². The van der Waals surface area contributed by atoms with E-state index in [-0.39, 0.29) is 17.1 Å². The van der Waals surface area contributed by atoms with E-state index in [1.807, 2.05) is 12.1 Å². The molecule has 7 nitrogen and oxygen atoms in total. The Morgan fingerprint density at radius 3 is 2.66 bits per heavy atom. The topological polar surface area (TPSA) is 103 Å². The Bertz CT molecular complexity index is 1280. The number of hydrogen-bond acceptors (Lipinski definition) is 6. The average molecular weight is 413 g/mol. The highest BCUT2D eigenvalue weighted by Crippen LogP contribution is 2.29. The third-order valence-corrected chi connectivity index (χ3v) is 6.46. The third-order valence-electron chi connectivity index (χ3n) is 5.05. The maximum atomic E-state index is 12.5. The summed E-state index contributed by atoms with van der Waals surface area (Å²) in [5.74, 6) is -0.680. The molecule has 0 spiro atoms. The molecule has 150 valence electrons. The summed E-state index contributed by atoms with van der Waals surface area (Å²) in [5.41, 5.74) is 3.02. The zero-order chi connectivity index (χ0) is 20.6. The van der Waals surface area contributed by atoms with Gasteiger partial charge in [-0.25, -0.2) is 22.7 Å². The number of benzene rings is 2. The molecule has 4 rings (SSSR count). The van der Waals surface area contributed by atoms with E-state index in [4.69, 9.17) is 9.15 Å². The second-order valence-electron chi connectivity index (χ2n) is 6.87. The van der Waals surface area contributed by atoms with E-state index >= 15 is 0 Å². The molecule has 0 saturated heterocycles. The SMILES string of the molecule is CNS(=O)(=O)c1cccc(C(=O)OCc2cc(=O)oc3cc4c(cc23)CCC4)c1. The van der Waals surface area contributed by atoms with Crippen LogP contribution in [0.3, 0.4) is 0 Å². The highest BCUT2D eigenvalue weighted by atomic mass is 32.2. The van der Waals surface area contributed by atoms with Crippen LogP contribution in [0.15, 0.2) is 56.6 Å². The maximum absolute atomic E-state index is 12.5. The van der Waals surface area contributed by atoms with E-state index < -0.39 is 21.6 Å². The van der Waals surface area contributed by atoms with Gasteiger partial charge in [0, 0.05) is 17.0 Å². The van der Waals surface area contributed by atoms with Crippen LogP contribution in [0, 0.1) is 0 Å². The molecule has 0 fully saturated rings. The van der Waals surface area contributed by atoms with Gasteiger partial charge in [-0.3, -0.25) is 0 Å². The molecule has 8 heteroatoms. The number of fused-ring (bicyclic) bond motifs is 2. The molecule has 1 aliphatic rings. The Hall–Kier alpha value is -2.97. The Balaban J connectivity index is 1.61. The van der Waals surface area contributed by atoms with Crippen LogP contribution in [0.4, 0.5) is 0 Å². The summed E-state index contributed by atoms with van der Waals surface area (Å²) in [6.07, 6.45) is 2.99. The molecule has 1 N–H and O–H groups in total. The van der Waals surface area contributed by atoms with Crippen molar-refractivity contribution >= 4 is 27.0 Å². The van der Waals surface area contributed by atoms with E-state index in [9.17, 15) is 18.0 Å². The third kappa shape index (κ3) is 3.81. The molecule has 3 aromatic rings. The number of nitrogens with one attached hydrogen (secondary N) is 1. The van der Waals surface area contributed by atoms with Gasteiger partial charge in [-0.05, 0) is 67.8 Å². The summed E-state index contributed by atoms with van der Waals surface area (Å²) in [5, 5.41) is 0.740. The first kappa shape index (κ1) is 19.4. The largest absolute Gasteiger partial charge is 0.457 e. The number of ether oxygens (including phenoxy) is 1. The normalized spacial score (nSPS) is 13.4. The molecule has 0 amide bonds. The Labute approximate surface area is 167 Å². The summed E-state index contributed by atoms with van der Waals surface area (Å²) in [6.45, 7) is -0.122. The summed E-state index contributed by atoms with van der Waals surface area (Å²) in [7, 11) is -2.38. The van der Waals surface area contributed by atoms with Crippen LogP contribution in [0.1, 0.15) is 33.5 Å². The molecule has 1 aromatic heterocycles. The zero-order valence-electron chi connectivity index (χ0n) is 15.7. The molecule has 0 bridgehead atoms. The van der Waals surface area contributed by atoms with E-state index in [1.54, 1.807) is 0 Å². The van der Waals surface area contributed by atoms with Gasteiger partial charge in [0.25, 0.3) is 0 Å². The van der Waals surface area contributed by atoms with E-state index in [1.165, 1.54) is 48.5 Å². The molecule has 2 aromatic carbocycles. The highest BCUT2D eigenvalue weighted by molar-refractivity contribution is 7.89. The van der Waals surface area contributed by atoms with Gasteiger partial charge >= 0.3 is 11.6 Å². The van der Waals surface area contributed by atoms with Gasteiger partial charge in [-0.1, -0.05) is 6.07 Å². The molecular weight excluding hydrogens is 394 g/mol. The van der Waals surface area contributed by atoms with Crippen molar-refractivity contribution < 1.29 is 22.4 Å². The molecule has 0 aliphatic heterocycles. The average Bonchev–Trinajstić information content (AvgIpc) is 3.17. The number of hydrogen-bond donors (Lipinski definition) is 1. The minimum atomic E-state index is -3.67. The van der Waals surface area contributed by atoms with Crippen LogP contribution >= 0.6 is 0 Å². The number of esters is 1. The molecule has 29 heavy (non-hydrogen) atoms. The monoisotopic (exact) mass is 413 g/mol. The Kier molecular flexibility index (Phi) is 4.97. The van der Waals surface area contributed by atoms with Crippen LogP contribution in [-0.4, -0.2) is 21.4 Å². The van der Waals surface area contributed by atoms with Gasteiger partial charge in [0.2, 0.25) is 10.0 Å². The van der Waals surface area contributed by atoms with Crippen molar-refractivity contribution in [1.29, 1.82) is 0 Å². The number of carbonyl (C=O) groups is 1. The minimum absolute atomic E-state index is 0.0316. The number of rotatable bonds is 5. The molecule has 0 atom stereocenters. The number of aryl methyl sites for hydroxylation is 2. The Morgan fingerprint density at radius 1 is 1.14 bits per heavy atom. The van der Waals surface area contributed by atoms with Gasteiger partial charge in [-0.15, -0.1) is 0 Å². The van der Waals surface area contributed by atoms with Crippen molar-refractivity contribution in [2.75, 3.05) is 7.05 Å². The lowest BCUT2D eigenvalue weighted by atomic mass is 10.0. The second-order valence-corrected chi connectivity index (χ2v) is 8.76. The first-order chi connectivity index (χ1) is 13.9. The fourth-order valence-corrected chi connectivity index (χ4v) is 4.32. The first-order valence-electron chi connectivity index (χ1n) is 9.16. The fraction of sp³-hybridized carbons (Fsp3) is 0.238. The smallest absolute Gasteiger partial charge is 0.338 e. The van der Waals surface area contributed by atoms with Crippen molar-refractivity contribution in [3.05, 3.63) is 75.1 Å². The van der Waals surface area contributed by atoms with Gasteiger partial charge in [-0.2, -0.15) is 0 Å². The number of carbonyl (C=O) groups excluding carboxylic acids is 1. The summed E-state index contributed by atoms with van der Waals surface area (Å²) >= 11 is 0. The molecule has 0 unspecified atom stereocenters. The lowest BCUT2D eigenvalue weighted by Crippen LogP contribution is -2.19. The second kappa shape index (κ2) is 7.46. The van der Waals surface area contributed by atoms with Crippen molar-refractivity contribution in [2.45, 2.75) is 30.8 Å². The van der Waals surface area contributed by atoms with Crippen molar-refractivity contribution in [1.82, 2.24) is 4.72 Å².